The first kappa shape index (κ1) is 17.7. The number of nitrogens with zero attached hydrogens (tertiary/aromatic N) is 2. The van der Waals surface area contributed by atoms with Gasteiger partial charge in [-0.05, 0) is 55.1 Å². The molecule has 134 valence electrons. The molecule has 2 aromatic rings. The molecule has 1 fully saturated rings. The van der Waals surface area contributed by atoms with E-state index in [-0.39, 0.29) is 5.56 Å². The van der Waals surface area contributed by atoms with Crippen LogP contribution >= 0.6 is 0 Å². The molecule has 0 bridgehead atoms. The predicted octanol–water partition coefficient (Wildman–Crippen LogP) is 3.78. The fourth-order valence-corrected chi connectivity index (χ4v) is 3.35. The van der Waals surface area contributed by atoms with Crippen LogP contribution in [0.4, 0.5) is 13.2 Å². The van der Waals surface area contributed by atoms with E-state index in [1.807, 2.05) is 6.07 Å². The van der Waals surface area contributed by atoms with E-state index in [1.165, 1.54) is 12.1 Å². The highest BCUT2D eigenvalue weighted by molar-refractivity contribution is 5.26. The van der Waals surface area contributed by atoms with Gasteiger partial charge in [0.25, 0.3) is 5.56 Å². The Hall–Kier alpha value is -2.08. The van der Waals surface area contributed by atoms with Crippen molar-refractivity contribution in [3.8, 4) is 0 Å². The van der Waals surface area contributed by atoms with E-state index >= 15 is 0 Å². The quantitative estimate of drug-likeness (QED) is 0.842. The number of hydrogen-bond acceptors (Lipinski definition) is 2. The number of rotatable bonds is 3. The Kier molecular flexibility index (Phi) is 4.99. The van der Waals surface area contributed by atoms with E-state index in [0.717, 1.165) is 37.6 Å². The van der Waals surface area contributed by atoms with Crippen LogP contribution in [-0.2, 0) is 19.8 Å². The monoisotopic (exact) mass is 350 g/mol. The van der Waals surface area contributed by atoms with Crippen LogP contribution in [0, 0.1) is 0 Å². The second kappa shape index (κ2) is 7.04. The number of hydrogen-bond donors (Lipinski definition) is 0. The molecule has 0 N–H and O–H groups in total. The minimum absolute atomic E-state index is 0.0103. The number of benzene rings is 1. The van der Waals surface area contributed by atoms with E-state index < -0.39 is 11.7 Å². The minimum atomic E-state index is -4.30. The molecule has 2 heterocycles. The average molecular weight is 350 g/mol. The SMILES string of the molecule is Cn1ccc(C2CCN(Cc3cccc(C(F)(F)F)c3)CC2)cc1=O. The molecule has 3 nitrogen and oxygen atoms in total. The number of halogens is 3. The van der Waals surface area contributed by atoms with Gasteiger partial charge in [-0.25, -0.2) is 0 Å². The fourth-order valence-electron chi connectivity index (χ4n) is 3.35. The van der Waals surface area contributed by atoms with Crippen molar-refractivity contribution in [1.29, 1.82) is 0 Å². The normalized spacial score (nSPS) is 17.0. The van der Waals surface area contributed by atoms with Gasteiger partial charge in [0.15, 0.2) is 0 Å². The minimum Gasteiger partial charge on any atom is -0.319 e. The second-order valence-corrected chi connectivity index (χ2v) is 6.66. The zero-order valence-electron chi connectivity index (χ0n) is 14.1. The first-order valence-corrected chi connectivity index (χ1v) is 8.38. The van der Waals surface area contributed by atoms with Crippen molar-refractivity contribution in [2.24, 2.45) is 7.05 Å². The van der Waals surface area contributed by atoms with Crippen molar-refractivity contribution >= 4 is 0 Å². The second-order valence-electron chi connectivity index (χ2n) is 6.66. The Labute approximate surface area is 144 Å². The summed E-state index contributed by atoms with van der Waals surface area (Å²) in [5.41, 5.74) is 1.13. The van der Waals surface area contributed by atoms with E-state index in [9.17, 15) is 18.0 Å². The molecule has 0 saturated carbocycles. The molecule has 0 atom stereocenters. The van der Waals surface area contributed by atoms with Crippen molar-refractivity contribution in [2.75, 3.05) is 13.1 Å². The van der Waals surface area contributed by atoms with Gasteiger partial charge in [0.2, 0.25) is 0 Å². The standard InChI is InChI=1S/C19H21F3N2O/c1-23-8-5-16(12-18(23)25)15-6-9-24(10-7-15)13-14-3-2-4-17(11-14)19(20,21)22/h2-5,8,11-12,15H,6-7,9-10,13H2,1H3. The van der Waals surface area contributed by atoms with Crippen molar-refractivity contribution in [2.45, 2.75) is 31.5 Å². The van der Waals surface area contributed by atoms with Crippen molar-refractivity contribution in [3.05, 3.63) is 69.6 Å². The summed E-state index contributed by atoms with van der Waals surface area (Å²) >= 11 is 0. The number of alkyl halides is 3. The van der Waals surface area contributed by atoms with Crippen LogP contribution in [0.3, 0.4) is 0 Å². The van der Waals surface area contributed by atoms with E-state index in [4.69, 9.17) is 0 Å². The Morgan fingerprint density at radius 3 is 2.48 bits per heavy atom. The Morgan fingerprint density at radius 2 is 1.84 bits per heavy atom. The molecule has 1 aromatic heterocycles. The molecule has 0 aliphatic carbocycles. The van der Waals surface area contributed by atoms with Gasteiger partial charge in [0, 0.05) is 25.9 Å². The van der Waals surface area contributed by atoms with Gasteiger partial charge in [-0.3, -0.25) is 9.69 Å². The van der Waals surface area contributed by atoms with Crippen LogP contribution in [0.2, 0.25) is 0 Å². The predicted molar refractivity (Wildman–Crippen MR) is 90.4 cm³/mol. The maximum Gasteiger partial charge on any atom is 0.416 e. The summed E-state index contributed by atoms with van der Waals surface area (Å²) < 4.78 is 40.0. The first-order chi connectivity index (χ1) is 11.8. The fraction of sp³-hybridized carbons (Fsp3) is 0.421. The molecule has 0 spiro atoms. The molecular weight excluding hydrogens is 329 g/mol. The summed E-state index contributed by atoms with van der Waals surface area (Å²) in [7, 11) is 1.73. The molecule has 1 aliphatic heterocycles. The smallest absolute Gasteiger partial charge is 0.319 e. The molecular formula is C19H21F3N2O. The number of likely N-dealkylation sites (tertiary alicyclic amines) is 1. The molecule has 25 heavy (non-hydrogen) atoms. The van der Waals surface area contributed by atoms with Gasteiger partial charge in [-0.15, -0.1) is 0 Å². The van der Waals surface area contributed by atoms with E-state index in [0.29, 0.717) is 18.0 Å². The van der Waals surface area contributed by atoms with E-state index in [2.05, 4.69) is 4.90 Å². The highest BCUT2D eigenvalue weighted by atomic mass is 19.4. The summed E-state index contributed by atoms with van der Waals surface area (Å²) in [6.45, 7) is 2.15. The number of aryl methyl sites for hydroxylation is 1. The lowest BCUT2D eigenvalue weighted by molar-refractivity contribution is -0.137. The van der Waals surface area contributed by atoms with Crippen molar-refractivity contribution in [1.82, 2.24) is 9.47 Å². The number of piperidine rings is 1. The molecule has 0 radical (unpaired) electrons. The third-order valence-corrected chi connectivity index (χ3v) is 4.85. The average Bonchev–Trinajstić information content (AvgIpc) is 2.58. The summed E-state index contributed by atoms with van der Waals surface area (Å²) in [6.07, 6.45) is -0.701. The van der Waals surface area contributed by atoms with Crippen LogP contribution in [0.5, 0.6) is 0 Å². The zero-order chi connectivity index (χ0) is 18.0. The maximum atomic E-state index is 12.8. The lowest BCUT2D eigenvalue weighted by Gasteiger charge is -2.32. The number of pyridine rings is 1. The molecule has 0 amide bonds. The largest absolute Gasteiger partial charge is 0.416 e. The van der Waals surface area contributed by atoms with Gasteiger partial charge >= 0.3 is 6.18 Å². The van der Waals surface area contributed by atoms with Gasteiger partial charge < -0.3 is 4.57 Å². The Balaban J connectivity index is 1.61. The summed E-state index contributed by atoms with van der Waals surface area (Å²) in [4.78, 5) is 13.9. The highest BCUT2D eigenvalue weighted by Crippen LogP contribution is 2.31. The van der Waals surface area contributed by atoms with Gasteiger partial charge in [0.05, 0.1) is 5.56 Å². The van der Waals surface area contributed by atoms with Crippen LogP contribution < -0.4 is 5.56 Å². The summed E-state index contributed by atoms with van der Waals surface area (Å²) in [5.74, 6) is 0.339. The molecule has 1 aliphatic rings. The van der Waals surface area contributed by atoms with Gasteiger partial charge in [-0.1, -0.05) is 18.2 Å². The van der Waals surface area contributed by atoms with E-state index in [1.54, 1.807) is 29.9 Å². The molecule has 6 heteroatoms. The number of aromatic nitrogens is 1. The molecule has 3 rings (SSSR count). The lowest BCUT2D eigenvalue weighted by Crippen LogP contribution is -2.33. The third-order valence-electron chi connectivity index (χ3n) is 4.85. The van der Waals surface area contributed by atoms with Crippen molar-refractivity contribution in [3.63, 3.8) is 0 Å². The topological polar surface area (TPSA) is 25.2 Å². The van der Waals surface area contributed by atoms with Crippen LogP contribution in [0.15, 0.2) is 47.4 Å². The molecule has 0 unspecified atom stereocenters. The van der Waals surface area contributed by atoms with Gasteiger partial charge in [0.1, 0.15) is 0 Å². The first-order valence-electron chi connectivity index (χ1n) is 8.38. The molecule has 1 aromatic carbocycles. The third kappa shape index (κ3) is 4.31. The molecule has 1 saturated heterocycles. The van der Waals surface area contributed by atoms with Crippen LogP contribution in [0.25, 0.3) is 0 Å². The van der Waals surface area contributed by atoms with Gasteiger partial charge in [-0.2, -0.15) is 13.2 Å². The zero-order valence-corrected chi connectivity index (χ0v) is 14.1. The maximum absolute atomic E-state index is 12.8. The summed E-state index contributed by atoms with van der Waals surface area (Å²) in [6, 6.07) is 9.20. The lowest BCUT2D eigenvalue weighted by atomic mass is 9.90. The van der Waals surface area contributed by atoms with Crippen LogP contribution in [-0.4, -0.2) is 22.6 Å². The van der Waals surface area contributed by atoms with Crippen LogP contribution in [0.1, 0.15) is 35.4 Å². The van der Waals surface area contributed by atoms with Crippen molar-refractivity contribution < 1.29 is 13.2 Å². The highest BCUT2D eigenvalue weighted by Gasteiger charge is 2.30. The Bertz CT molecular complexity index is 790. The summed E-state index contributed by atoms with van der Waals surface area (Å²) in [5, 5.41) is 0. The Morgan fingerprint density at radius 1 is 1.12 bits per heavy atom.